The molecule has 0 N–H and O–H groups in total. The maximum absolute atomic E-state index is 2.79. The second-order valence-corrected chi connectivity index (χ2v) is 25.7. The molecule has 4 heterocycles. The molecule has 342 valence electrons. The van der Waals surface area contributed by atoms with Gasteiger partial charge in [0.25, 0.3) is 0 Å². The Bertz CT molecular complexity index is 3560. The molecule has 2 aromatic heterocycles. The maximum Gasteiger partial charge on any atom is 0.333 e. The van der Waals surface area contributed by atoms with E-state index >= 15 is 0 Å². The van der Waals surface area contributed by atoms with Crippen molar-refractivity contribution in [1.29, 1.82) is 0 Å². The van der Waals surface area contributed by atoms with Gasteiger partial charge in [0.15, 0.2) is 0 Å². The number of hydrogen-bond donors (Lipinski definition) is 0. The van der Waals surface area contributed by atoms with Gasteiger partial charge >= 0.3 is 6.85 Å². The highest BCUT2D eigenvalue weighted by atomic mass is 15.0. The Balaban J connectivity index is 1.24. The van der Waals surface area contributed by atoms with Crippen molar-refractivity contribution in [2.24, 2.45) is 0 Å². The van der Waals surface area contributed by atoms with Gasteiger partial charge in [-0.15, -0.1) is 0 Å². The van der Waals surface area contributed by atoms with Gasteiger partial charge in [-0.1, -0.05) is 182 Å². The van der Waals surface area contributed by atoms with Crippen LogP contribution < -0.4 is 10.9 Å². The van der Waals surface area contributed by atoms with Crippen LogP contribution in [0.5, 0.6) is 0 Å². The average Bonchev–Trinajstić information content (AvgIpc) is 3.80. The Labute approximate surface area is 405 Å². The zero-order valence-electron chi connectivity index (χ0n) is 43.1. The second kappa shape index (κ2) is 14.4. The van der Waals surface area contributed by atoms with Gasteiger partial charge < -0.3 is 9.05 Å². The van der Waals surface area contributed by atoms with Gasteiger partial charge in [-0.2, -0.15) is 0 Å². The van der Waals surface area contributed by atoms with Gasteiger partial charge in [-0.25, -0.2) is 0 Å². The third kappa shape index (κ3) is 6.50. The first-order valence-electron chi connectivity index (χ1n) is 25.7. The van der Waals surface area contributed by atoms with Crippen LogP contribution in [-0.2, 0) is 27.1 Å². The zero-order valence-corrected chi connectivity index (χ0v) is 43.1. The smallest absolute Gasteiger partial charge is 0.333 e. The van der Waals surface area contributed by atoms with Gasteiger partial charge in [-0.3, -0.25) is 0 Å². The Hall–Kier alpha value is -5.80. The molecule has 1 aliphatic carbocycles. The van der Waals surface area contributed by atoms with Crippen molar-refractivity contribution in [3.63, 3.8) is 0 Å². The lowest BCUT2D eigenvalue weighted by Gasteiger charge is -2.39. The van der Waals surface area contributed by atoms with Crippen molar-refractivity contribution in [2.75, 3.05) is 0 Å². The molecule has 0 saturated heterocycles. The molecule has 7 aromatic carbocycles. The predicted octanol–water partition coefficient (Wildman–Crippen LogP) is 16.6. The first-order valence-corrected chi connectivity index (χ1v) is 25.7. The summed E-state index contributed by atoms with van der Waals surface area (Å²) < 4.78 is 5.50. The molecule has 0 amide bonds. The minimum Gasteiger partial charge on any atom is -0.375 e. The van der Waals surface area contributed by atoms with Crippen molar-refractivity contribution in [3.05, 3.63) is 149 Å². The zero-order chi connectivity index (χ0) is 47.6. The van der Waals surface area contributed by atoms with E-state index in [0.717, 1.165) is 0 Å². The van der Waals surface area contributed by atoms with E-state index in [1.54, 1.807) is 0 Å². The largest absolute Gasteiger partial charge is 0.375 e. The number of fused-ring (bicyclic) bond motifs is 10. The molecule has 3 aliphatic rings. The molecule has 0 spiro atoms. The molecule has 2 aliphatic heterocycles. The summed E-state index contributed by atoms with van der Waals surface area (Å²) >= 11 is 0. The monoisotopic (exact) mass is 889 g/mol. The number of nitrogens with zero attached hydrogens (tertiary/aromatic N) is 2. The quantitative estimate of drug-likeness (QED) is 0.156. The fourth-order valence-corrected chi connectivity index (χ4v) is 12.6. The Kier molecular flexibility index (Phi) is 9.20. The van der Waals surface area contributed by atoms with Gasteiger partial charge in [0.05, 0.1) is 11.0 Å². The van der Waals surface area contributed by atoms with Crippen LogP contribution in [0.3, 0.4) is 0 Å². The molecule has 3 heteroatoms. The summed E-state index contributed by atoms with van der Waals surface area (Å²) in [5.74, 6) is 0. The number of aromatic nitrogens is 2. The topological polar surface area (TPSA) is 9.86 Å². The van der Waals surface area contributed by atoms with Gasteiger partial charge in [0, 0.05) is 43.8 Å². The lowest BCUT2D eigenvalue weighted by atomic mass is 9.45. The summed E-state index contributed by atoms with van der Waals surface area (Å²) in [5.41, 5.74) is 24.7. The van der Waals surface area contributed by atoms with Crippen LogP contribution in [0.1, 0.15) is 150 Å². The second-order valence-electron chi connectivity index (χ2n) is 25.7. The molecule has 1 saturated carbocycles. The first kappa shape index (κ1) is 43.5. The minimum atomic E-state index is -0.0256. The fourth-order valence-electron chi connectivity index (χ4n) is 12.6. The lowest BCUT2D eigenvalue weighted by Crippen LogP contribution is -2.55. The van der Waals surface area contributed by atoms with Crippen molar-refractivity contribution in [3.8, 4) is 39.1 Å². The maximum atomic E-state index is 2.79. The standard InChI is InChI=1S/C65H69BN2/c1-61(2,3)43-22-17-39(18-23-43)41-21-27-55-48(31-41)51-32-42(40-19-24-44(25-20-40)62(4,5)6)33-54-60(51)67(55)57-38-47(65(13)29-15-14-16-30-65)37-50-53-36-46(64(10,11)12)35-52-49-34-45(63(7,8)9)26-28-56(49)68(59(52)53)66(54)58(50)57/h17-28,31-38H,14-16,29-30H2,1-13H3. The molecule has 0 bridgehead atoms. The van der Waals surface area contributed by atoms with Crippen molar-refractivity contribution in [1.82, 2.24) is 9.05 Å². The van der Waals surface area contributed by atoms with Crippen molar-refractivity contribution < 1.29 is 0 Å². The van der Waals surface area contributed by atoms with Crippen LogP contribution >= 0.6 is 0 Å². The molecule has 0 unspecified atom stereocenters. The van der Waals surface area contributed by atoms with Gasteiger partial charge in [0.1, 0.15) is 0 Å². The first-order chi connectivity index (χ1) is 32.1. The highest BCUT2D eigenvalue weighted by Crippen LogP contribution is 2.49. The van der Waals surface area contributed by atoms with E-state index in [-0.39, 0.29) is 33.9 Å². The molecule has 9 aromatic rings. The molecule has 2 nitrogen and oxygen atoms in total. The summed E-state index contributed by atoms with van der Waals surface area (Å²) in [6.07, 6.45) is 6.37. The summed E-state index contributed by atoms with van der Waals surface area (Å²) in [5, 5.41) is 5.40. The van der Waals surface area contributed by atoms with Crippen molar-refractivity contribution in [2.45, 2.75) is 149 Å². The van der Waals surface area contributed by atoms with Crippen LogP contribution in [0.4, 0.5) is 0 Å². The average molecular weight is 889 g/mol. The SMILES string of the molecule is CC(C)(C)c1ccc(-c2ccc3c(c2)c2cc(-c4ccc(C(C)(C)C)cc4)cc4c2n3-c2cc(C3(C)CCCCC3)cc3c2B4n2c4ccc(C(C)(C)C)cc4c4cc(C(C)(C)C)cc-3c42)cc1. The van der Waals surface area contributed by atoms with E-state index in [0.29, 0.717) is 0 Å². The third-order valence-electron chi connectivity index (χ3n) is 16.9. The highest BCUT2D eigenvalue weighted by Gasteiger charge is 2.44. The van der Waals surface area contributed by atoms with Crippen molar-refractivity contribution >= 4 is 61.4 Å². The Morgan fingerprint density at radius 1 is 0.426 bits per heavy atom. The molecule has 0 atom stereocenters. The number of benzene rings is 7. The van der Waals surface area contributed by atoms with E-state index in [4.69, 9.17) is 0 Å². The molecule has 1 fully saturated rings. The van der Waals surface area contributed by atoms with E-state index in [9.17, 15) is 0 Å². The van der Waals surface area contributed by atoms with E-state index in [1.165, 1.54) is 154 Å². The van der Waals surface area contributed by atoms with Crippen LogP contribution in [-0.4, -0.2) is 15.9 Å². The predicted molar refractivity (Wildman–Crippen MR) is 296 cm³/mol. The van der Waals surface area contributed by atoms with E-state index < -0.39 is 0 Å². The van der Waals surface area contributed by atoms with Crippen LogP contribution in [0.2, 0.25) is 0 Å². The summed E-state index contributed by atoms with van der Waals surface area (Å²) in [7, 11) is 0. The summed E-state index contributed by atoms with van der Waals surface area (Å²) in [6, 6.07) is 49.1. The van der Waals surface area contributed by atoms with Crippen LogP contribution in [0.25, 0.3) is 82.7 Å². The molecular weight excluding hydrogens is 820 g/mol. The third-order valence-corrected chi connectivity index (χ3v) is 16.9. The van der Waals surface area contributed by atoms with Gasteiger partial charge in [-0.05, 0) is 155 Å². The van der Waals surface area contributed by atoms with E-state index in [2.05, 4.69) is 220 Å². The minimum absolute atomic E-state index is 0.0146. The number of rotatable bonds is 3. The fraction of sp³-hybridized carbons (Fsp3) is 0.354. The van der Waals surface area contributed by atoms with Crippen LogP contribution in [0.15, 0.2) is 121 Å². The summed E-state index contributed by atoms with van der Waals surface area (Å²) in [4.78, 5) is 0. The molecule has 0 radical (unpaired) electrons. The summed E-state index contributed by atoms with van der Waals surface area (Å²) in [6.45, 7) is 30.6. The number of hydrogen-bond acceptors (Lipinski definition) is 0. The van der Waals surface area contributed by atoms with Crippen LogP contribution in [0, 0.1) is 0 Å². The lowest BCUT2D eigenvalue weighted by molar-refractivity contribution is 0.319. The molecule has 68 heavy (non-hydrogen) atoms. The van der Waals surface area contributed by atoms with Gasteiger partial charge in [0.2, 0.25) is 0 Å². The normalized spacial score (nSPS) is 15.8. The molecular formula is C65H69BN2. The molecule has 12 rings (SSSR count). The Morgan fingerprint density at radius 2 is 0.941 bits per heavy atom. The highest BCUT2D eigenvalue weighted by molar-refractivity contribution is 6.90. The Morgan fingerprint density at radius 3 is 1.56 bits per heavy atom. The van der Waals surface area contributed by atoms with E-state index in [1.807, 2.05) is 0 Å².